The Hall–Kier alpha value is -2.19. The Bertz CT molecular complexity index is 983. The summed E-state index contributed by atoms with van der Waals surface area (Å²) >= 11 is 11.8. The zero-order chi connectivity index (χ0) is 19.3. The number of halogens is 1. The fourth-order valence-corrected chi connectivity index (χ4v) is 3.60. The van der Waals surface area contributed by atoms with Gasteiger partial charge in [-0.15, -0.1) is 0 Å². The van der Waals surface area contributed by atoms with Gasteiger partial charge in [0, 0.05) is 23.8 Å². The smallest absolute Gasteiger partial charge is 0.203 e. The molecule has 1 aliphatic rings. The van der Waals surface area contributed by atoms with Crippen LogP contribution in [0.25, 0.3) is 5.69 Å². The highest BCUT2D eigenvalue weighted by Gasteiger charge is 2.17. The van der Waals surface area contributed by atoms with Crippen LogP contribution in [0.1, 0.15) is 5.82 Å². The quantitative estimate of drug-likeness (QED) is 0.570. The van der Waals surface area contributed by atoms with E-state index in [4.69, 9.17) is 38.4 Å². The van der Waals surface area contributed by atoms with Crippen LogP contribution < -0.4 is 4.74 Å². The molecule has 8 heteroatoms. The molecule has 2 aromatic carbocycles. The molecule has 28 heavy (non-hydrogen) atoms. The molecule has 4 rings (SSSR count). The number of nitrogens with zero attached hydrogens (tertiary/aromatic N) is 4. The van der Waals surface area contributed by atoms with Crippen molar-refractivity contribution in [1.29, 1.82) is 0 Å². The van der Waals surface area contributed by atoms with Crippen LogP contribution in [0.15, 0.2) is 54.6 Å². The molecule has 1 aliphatic heterocycles. The maximum atomic E-state index is 6.05. The van der Waals surface area contributed by atoms with Crippen LogP contribution in [-0.2, 0) is 18.0 Å². The third-order valence-corrected chi connectivity index (χ3v) is 5.15. The Kier molecular flexibility index (Phi) is 6.07. The molecule has 0 atom stereocenters. The van der Waals surface area contributed by atoms with Crippen molar-refractivity contribution in [2.45, 2.75) is 13.3 Å². The summed E-state index contributed by atoms with van der Waals surface area (Å²) < 4.78 is 15.8. The molecule has 1 saturated heterocycles. The topological polar surface area (TPSA) is 44.4 Å². The van der Waals surface area contributed by atoms with Crippen LogP contribution in [0.5, 0.6) is 5.75 Å². The largest absolute Gasteiger partial charge is 0.486 e. The molecule has 0 radical (unpaired) electrons. The van der Waals surface area contributed by atoms with E-state index < -0.39 is 0 Å². The molecule has 0 spiro atoms. The lowest BCUT2D eigenvalue weighted by Gasteiger charge is -2.26. The first-order valence-corrected chi connectivity index (χ1v) is 9.92. The second-order valence-corrected chi connectivity index (χ2v) is 7.29. The van der Waals surface area contributed by atoms with Crippen molar-refractivity contribution in [2.24, 2.45) is 0 Å². The van der Waals surface area contributed by atoms with Gasteiger partial charge in [-0.2, -0.15) is 5.10 Å². The summed E-state index contributed by atoms with van der Waals surface area (Å²) in [4.78, 5) is 2.28. The minimum atomic E-state index is 0.287. The summed E-state index contributed by atoms with van der Waals surface area (Å²) in [6, 6.07) is 17.3. The highest BCUT2D eigenvalue weighted by atomic mass is 35.5. The molecule has 3 aromatic rings. The third-order valence-electron chi connectivity index (χ3n) is 4.52. The van der Waals surface area contributed by atoms with Crippen molar-refractivity contribution in [1.82, 2.24) is 19.2 Å². The first-order valence-electron chi connectivity index (χ1n) is 9.13. The number of rotatable bonds is 6. The molecule has 0 amide bonds. The predicted octanol–water partition coefficient (Wildman–Crippen LogP) is 3.93. The summed E-state index contributed by atoms with van der Waals surface area (Å²) in [5.41, 5.74) is 0.963. The lowest BCUT2D eigenvalue weighted by Crippen LogP contribution is -2.37. The van der Waals surface area contributed by atoms with Crippen molar-refractivity contribution in [3.63, 3.8) is 0 Å². The second kappa shape index (κ2) is 8.87. The van der Waals surface area contributed by atoms with Crippen LogP contribution in [0.2, 0.25) is 5.02 Å². The van der Waals surface area contributed by atoms with Gasteiger partial charge in [-0.05, 0) is 42.5 Å². The molecule has 1 fully saturated rings. The van der Waals surface area contributed by atoms with Gasteiger partial charge in [0.15, 0.2) is 5.82 Å². The third kappa shape index (κ3) is 4.44. The van der Waals surface area contributed by atoms with Crippen molar-refractivity contribution < 1.29 is 9.47 Å². The molecule has 6 nitrogen and oxygen atoms in total. The zero-order valence-corrected chi connectivity index (χ0v) is 16.9. The number of aromatic nitrogens is 3. The van der Waals surface area contributed by atoms with E-state index in [1.165, 1.54) is 0 Å². The minimum Gasteiger partial charge on any atom is -0.486 e. The standard InChI is InChI=1S/C20H21ClN4O2S/c21-16-5-4-8-18(13-16)27-14-19-22-24(15-23-9-11-26-12-10-23)20(28)25(19)17-6-2-1-3-7-17/h1-8,13H,9-12,14-15H2. The van der Waals surface area contributed by atoms with Gasteiger partial charge in [-0.25, -0.2) is 4.68 Å². The Balaban J connectivity index is 1.63. The maximum Gasteiger partial charge on any atom is 0.203 e. The fraction of sp³-hybridized carbons (Fsp3) is 0.300. The van der Waals surface area contributed by atoms with Gasteiger partial charge in [-0.1, -0.05) is 35.9 Å². The molecular weight excluding hydrogens is 396 g/mol. The normalized spacial score (nSPS) is 14.9. The summed E-state index contributed by atoms with van der Waals surface area (Å²) in [7, 11) is 0. The molecular formula is C20H21ClN4O2S. The summed E-state index contributed by atoms with van der Waals surface area (Å²) in [6.45, 7) is 4.12. The van der Waals surface area contributed by atoms with Gasteiger partial charge < -0.3 is 9.47 Å². The van der Waals surface area contributed by atoms with E-state index in [0.29, 0.717) is 22.2 Å². The van der Waals surface area contributed by atoms with Crippen molar-refractivity contribution in [3.05, 3.63) is 70.2 Å². The summed E-state index contributed by atoms with van der Waals surface area (Å²) in [5.74, 6) is 1.44. The van der Waals surface area contributed by atoms with Gasteiger partial charge in [-0.3, -0.25) is 9.47 Å². The highest BCUT2D eigenvalue weighted by Crippen LogP contribution is 2.20. The van der Waals surface area contributed by atoms with Gasteiger partial charge >= 0.3 is 0 Å². The van der Waals surface area contributed by atoms with Gasteiger partial charge in [0.1, 0.15) is 12.4 Å². The molecule has 0 N–H and O–H groups in total. The van der Waals surface area contributed by atoms with Crippen molar-refractivity contribution in [2.75, 3.05) is 26.3 Å². The van der Waals surface area contributed by atoms with Crippen LogP contribution in [0.4, 0.5) is 0 Å². The number of ether oxygens (including phenoxy) is 2. The number of morpholine rings is 1. The van der Waals surface area contributed by atoms with E-state index >= 15 is 0 Å². The van der Waals surface area contributed by atoms with E-state index in [2.05, 4.69) is 4.90 Å². The Morgan fingerprint density at radius 2 is 1.86 bits per heavy atom. The summed E-state index contributed by atoms with van der Waals surface area (Å²) in [5, 5.41) is 5.39. The maximum absolute atomic E-state index is 6.05. The van der Waals surface area contributed by atoms with Crippen molar-refractivity contribution in [3.8, 4) is 11.4 Å². The van der Waals surface area contributed by atoms with Crippen LogP contribution in [0.3, 0.4) is 0 Å². The van der Waals surface area contributed by atoms with E-state index in [0.717, 1.165) is 37.8 Å². The van der Waals surface area contributed by atoms with Gasteiger partial charge in [0.25, 0.3) is 0 Å². The van der Waals surface area contributed by atoms with E-state index in [1.807, 2.05) is 57.8 Å². The average Bonchev–Trinajstić information content (AvgIpc) is 3.03. The summed E-state index contributed by atoms with van der Waals surface area (Å²) in [6.07, 6.45) is 0. The SMILES string of the molecule is S=c1n(CN2CCOCC2)nc(COc2cccc(Cl)c2)n1-c1ccccc1. The zero-order valence-electron chi connectivity index (χ0n) is 15.3. The molecule has 0 aliphatic carbocycles. The number of hydrogen-bond donors (Lipinski definition) is 0. The highest BCUT2D eigenvalue weighted by molar-refractivity contribution is 7.71. The van der Waals surface area contributed by atoms with Gasteiger partial charge in [0.05, 0.1) is 19.9 Å². The van der Waals surface area contributed by atoms with Crippen LogP contribution >= 0.6 is 23.8 Å². The molecule has 1 aromatic heterocycles. The lowest BCUT2D eigenvalue weighted by atomic mass is 10.3. The Labute approximate surface area is 173 Å². The molecule has 2 heterocycles. The monoisotopic (exact) mass is 416 g/mol. The average molecular weight is 417 g/mol. The predicted molar refractivity (Wildman–Crippen MR) is 111 cm³/mol. The first-order chi connectivity index (χ1) is 13.7. The first kappa shape index (κ1) is 19.1. The Morgan fingerprint density at radius 1 is 1.07 bits per heavy atom. The van der Waals surface area contributed by atoms with Crippen molar-refractivity contribution >= 4 is 23.8 Å². The number of hydrogen-bond acceptors (Lipinski definition) is 5. The van der Waals surface area contributed by atoms with Gasteiger partial charge in [0.2, 0.25) is 4.77 Å². The van der Waals surface area contributed by atoms with Crippen LogP contribution in [0, 0.1) is 4.77 Å². The number of benzene rings is 2. The Morgan fingerprint density at radius 3 is 2.61 bits per heavy atom. The molecule has 146 valence electrons. The van der Waals surface area contributed by atoms with Crippen LogP contribution in [-0.4, -0.2) is 45.6 Å². The minimum absolute atomic E-state index is 0.287. The van der Waals surface area contributed by atoms with E-state index in [1.54, 1.807) is 6.07 Å². The lowest BCUT2D eigenvalue weighted by molar-refractivity contribution is 0.0209. The number of para-hydroxylation sites is 1. The molecule has 0 saturated carbocycles. The second-order valence-electron chi connectivity index (χ2n) is 6.49. The van der Waals surface area contributed by atoms with E-state index in [9.17, 15) is 0 Å². The molecule has 0 bridgehead atoms. The van der Waals surface area contributed by atoms with E-state index in [-0.39, 0.29) is 6.61 Å². The molecule has 0 unspecified atom stereocenters. The fourth-order valence-electron chi connectivity index (χ4n) is 3.11.